The molecule has 1 aromatic carbocycles. The van der Waals surface area contributed by atoms with Crippen molar-refractivity contribution >= 4 is 0 Å². The molecule has 0 radical (unpaired) electrons. The second kappa shape index (κ2) is 2.73. The average Bonchev–Trinajstić information content (AvgIpc) is 2.06. The minimum absolute atomic E-state index is 0.627. The molecule has 1 rings (SSSR count). The molecule has 0 spiro atoms. The summed E-state index contributed by atoms with van der Waals surface area (Å²) >= 11 is 0. The van der Waals surface area contributed by atoms with E-state index in [2.05, 4.69) is 0 Å². The van der Waals surface area contributed by atoms with Crippen LogP contribution in [-0.2, 0) is 5.60 Å². The predicted octanol–water partition coefficient (Wildman–Crippen LogP) is 1.42. The van der Waals surface area contributed by atoms with Gasteiger partial charge in [-0.05, 0) is 12.5 Å². The van der Waals surface area contributed by atoms with Gasteiger partial charge in [0.1, 0.15) is 6.07 Å². The third-order valence-electron chi connectivity index (χ3n) is 1.55. The van der Waals surface area contributed by atoms with Gasteiger partial charge in [-0.15, -0.1) is 0 Å². The normalized spacial score (nSPS) is 15.0. The fraction of sp³-hybridized carbons (Fsp3) is 0.222. The Morgan fingerprint density at radius 1 is 1.36 bits per heavy atom. The van der Waals surface area contributed by atoms with E-state index in [1.165, 1.54) is 6.92 Å². The number of aliphatic hydroxyl groups is 1. The zero-order chi connectivity index (χ0) is 8.32. The molecule has 0 aliphatic heterocycles. The zero-order valence-electron chi connectivity index (χ0n) is 6.28. The number of hydrogen-bond acceptors (Lipinski definition) is 2. The molecule has 1 atom stereocenters. The monoisotopic (exact) mass is 147 g/mol. The molecule has 0 saturated heterocycles. The first kappa shape index (κ1) is 7.77. The highest BCUT2D eigenvalue weighted by atomic mass is 16.3. The summed E-state index contributed by atoms with van der Waals surface area (Å²) < 4.78 is 0. The molecule has 0 aromatic heterocycles. The Bertz CT molecular complexity index is 271. The fourth-order valence-corrected chi connectivity index (χ4v) is 0.827. The molecule has 11 heavy (non-hydrogen) atoms. The molecule has 0 amide bonds. The quantitative estimate of drug-likeness (QED) is 0.610. The largest absolute Gasteiger partial charge is 0.372 e. The van der Waals surface area contributed by atoms with Gasteiger partial charge in [0.2, 0.25) is 0 Å². The predicted molar refractivity (Wildman–Crippen MR) is 41.6 cm³/mol. The van der Waals surface area contributed by atoms with Crippen molar-refractivity contribution in [2.45, 2.75) is 12.5 Å². The maximum Gasteiger partial charge on any atom is 0.173 e. The van der Waals surface area contributed by atoms with Crippen LogP contribution in [-0.4, -0.2) is 5.11 Å². The van der Waals surface area contributed by atoms with Crippen molar-refractivity contribution in [2.24, 2.45) is 0 Å². The van der Waals surface area contributed by atoms with Gasteiger partial charge < -0.3 is 5.11 Å². The van der Waals surface area contributed by atoms with Crippen LogP contribution in [0.25, 0.3) is 0 Å². The Labute approximate surface area is 65.7 Å². The van der Waals surface area contributed by atoms with Crippen molar-refractivity contribution < 1.29 is 5.11 Å². The molecule has 1 aromatic rings. The van der Waals surface area contributed by atoms with E-state index >= 15 is 0 Å². The van der Waals surface area contributed by atoms with E-state index in [-0.39, 0.29) is 0 Å². The van der Waals surface area contributed by atoms with Crippen molar-refractivity contribution in [2.75, 3.05) is 0 Å². The van der Waals surface area contributed by atoms with Gasteiger partial charge in [-0.3, -0.25) is 0 Å². The van der Waals surface area contributed by atoms with Crippen molar-refractivity contribution in [1.29, 1.82) is 5.26 Å². The number of nitriles is 1. The first-order valence-corrected chi connectivity index (χ1v) is 3.36. The van der Waals surface area contributed by atoms with Crippen molar-refractivity contribution in [3.63, 3.8) is 0 Å². The Hall–Kier alpha value is -1.33. The first-order valence-electron chi connectivity index (χ1n) is 3.36. The first-order chi connectivity index (χ1) is 5.17. The van der Waals surface area contributed by atoms with E-state index in [4.69, 9.17) is 5.26 Å². The molecule has 2 heteroatoms. The van der Waals surface area contributed by atoms with Crippen molar-refractivity contribution in [3.05, 3.63) is 35.9 Å². The Morgan fingerprint density at radius 2 is 1.91 bits per heavy atom. The summed E-state index contributed by atoms with van der Waals surface area (Å²) in [5.74, 6) is 0. The van der Waals surface area contributed by atoms with Gasteiger partial charge in [-0.1, -0.05) is 30.3 Å². The third-order valence-corrected chi connectivity index (χ3v) is 1.55. The van der Waals surface area contributed by atoms with E-state index in [1.54, 1.807) is 24.3 Å². The summed E-state index contributed by atoms with van der Waals surface area (Å²) in [4.78, 5) is 0. The smallest absolute Gasteiger partial charge is 0.173 e. The van der Waals surface area contributed by atoms with Crippen molar-refractivity contribution in [3.8, 4) is 6.07 Å². The average molecular weight is 147 g/mol. The highest BCUT2D eigenvalue weighted by Crippen LogP contribution is 2.17. The Morgan fingerprint density at radius 3 is 2.36 bits per heavy atom. The van der Waals surface area contributed by atoms with Crippen LogP contribution in [0.3, 0.4) is 0 Å². The molecular weight excluding hydrogens is 138 g/mol. The van der Waals surface area contributed by atoms with Crippen LogP contribution >= 0.6 is 0 Å². The molecular formula is C9H9NO. The highest BCUT2D eigenvalue weighted by molar-refractivity contribution is 5.26. The molecule has 0 aliphatic carbocycles. The van der Waals surface area contributed by atoms with E-state index < -0.39 is 5.60 Å². The summed E-state index contributed by atoms with van der Waals surface area (Å²) in [5.41, 5.74) is -0.733. The molecule has 0 aliphatic rings. The van der Waals surface area contributed by atoms with Gasteiger partial charge in [-0.2, -0.15) is 5.26 Å². The molecule has 1 N–H and O–H groups in total. The van der Waals surface area contributed by atoms with Gasteiger partial charge in [0.05, 0.1) is 0 Å². The van der Waals surface area contributed by atoms with E-state index in [0.717, 1.165) is 0 Å². The Balaban J connectivity index is 3.05. The van der Waals surface area contributed by atoms with Gasteiger partial charge in [-0.25, -0.2) is 0 Å². The maximum absolute atomic E-state index is 9.43. The van der Waals surface area contributed by atoms with Crippen LogP contribution in [0, 0.1) is 11.3 Å². The van der Waals surface area contributed by atoms with Crippen molar-refractivity contribution in [1.82, 2.24) is 0 Å². The zero-order valence-corrected chi connectivity index (χ0v) is 6.28. The molecule has 0 saturated carbocycles. The van der Waals surface area contributed by atoms with Crippen LogP contribution in [0.5, 0.6) is 0 Å². The van der Waals surface area contributed by atoms with E-state index in [0.29, 0.717) is 5.56 Å². The summed E-state index contributed by atoms with van der Waals surface area (Å²) in [7, 11) is 0. The lowest BCUT2D eigenvalue weighted by atomic mass is 9.98. The van der Waals surface area contributed by atoms with Crippen LogP contribution in [0.15, 0.2) is 30.3 Å². The van der Waals surface area contributed by atoms with E-state index in [9.17, 15) is 5.11 Å². The van der Waals surface area contributed by atoms with Gasteiger partial charge in [0.15, 0.2) is 5.60 Å². The second-order valence-electron chi connectivity index (χ2n) is 2.55. The molecule has 0 fully saturated rings. The summed E-state index contributed by atoms with van der Waals surface area (Å²) in [6.45, 7) is 1.47. The van der Waals surface area contributed by atoms with Crippen LogP contribution in [0.2, 0.25) is 0 Å². The van der Waals surface area contributed by atoms with Gasteiger partial charge >= 0.3 is 0 Å². The maximum atomic E-state index is 9.43. The summed E-state index contributed by atoms with van der Waals surface area (Å²) in [6, 6.07) is 10.7. The third kappa shape index (κ3) is 1.57. The van der Waals surface area contributed by atoms with Crippen LogP contribution in [0.1, 0.15) is 12.5 Å². The molecule has 0 heterocycles. The highest BCUT2D eigenvalue weighted by Gasteiger charge is 2.20. The fourth-order valence-electron chi connectivity index (χ4n) is 0.827. The second-order valence-corrected chi connectivity index (χ2v) is 2.55. The summed E-state index contributed by atoms with van der Waals surface area (Å²) in [6.07, 6.45) is 0. The van der Waals surface area contributed by atoms with Crippen LogP contribution < -0.4 is 0 Å². The molecule has 0 unspecified atom stereocenters. The minimum Gasteiger partial charge on any atom is -0.372 e. The Kier molecular flexibility index (Phi) is 1.93. The molecule has 56 valence electrons. The molecule has 2 nitrogen and oxygen atoms in total. The minimum atomic E-state index is -1.36. The molecule has 0 bridgehead atoms. The standard InChI is InChI=1S/C9H9NO/c1-9(11,7-10)8-5-3-2-4-6-8/h2-6,11H,1H3/t9-/m0/s1. The summed E-state index contributed by atoms with van der Waals surface area (Å²) in [5, 5.41) is 18.0. The van der Waals surface area contributed by atoms with Gasteiger partial charge in [0, 0.05) is 0 Å². The number of benzene rings is 1. The lowest BCUT2D eigenvalue weighted by Gasteiger charge is -2.13. The SMILES string of the molecule is C[C@](O)(C#N)c1ccccc1. The number of rotatable bonds is 1. The number of nitrogens with zero attached hydrogens (tertiary/aromatic N) is 1. The number of hydrogen-bond donors (Lipinski definition) is 1. The van der Waals surface area contributed by atoms with E-state index in [1.807, 2.05) is 12.1 Å². The van der Waals surface area contributed by atoms with Gasteiger partial charge in [0.25, 0.3) is 0 Å². The topological polar surface area (TPSA) is 44.0 Å². The lowest BCUT2D eigenvalue weighted by Crippen LogP contribution is -2.17. The van der Waals surface area contributed by atoms with Crippen LogP contribution in [0.4, 0.5) is 0 Å². The lowest BCUT2D eigenvalue weighted by molar-refractivity contribution is 0.119.